The van der Waals surface area contributed by atoms with E-state index in [2.05, 4.69) is 68.8 Å². The highest BCUT2D eigenvalue weighted by molar-refractivity contribution is 5.90. The summed E-state index contributed by atoms with van der Waals surface area (Å²) >= 11 is 0. The summed E-state index contributed by atoms with van der Waals surface area (Å²) in [7, 11) is 0. The third-order valence-corrected chi connectivity index (χ3v) is 6.56. The normalized spacial score (nSPS) is 12.2. The van der Waals surface area contributed by atoms with Gasteiger partial charge in [0.25, 0.3) is 0 Å². The number of benzene rings is 2. The fraction of sp³-hybridized carbons (Fsp3) is 0.367. The average molecular weight is 451 g/mol. The minimum atomic E-state index is 0.616. The highest BCUT2D eigenvalue weighted by Gasteiger charge is 2.17. The van der Waals surface area contributed by atoms with Crippen LogP contribution in [0.2, 0.25) is 0 Å². The Kier molecular flexibility index (Phi) is 7.43. The van der Waals surface area contributed by atoms with Gasteiger partial charge in [-0.05, 0) is 55.4 Å². The maximum atomic E-state index is 9.24. The van der Waals surface area contributed by atoms with Gasteiger partial charge in [0.2, 0.25) is 0 Å². The number of hydrogen-bond donors (Lipinski definition) is 0. The van der Waals surface area contributed by atoms with Crippen LogP contribution in [-0.2, 0) is 6.54 Å². The highest BCUT2D eigenvalue weighted by atomic mass is 15.3. The molecule has 2 heterocycles. The first-order valence-electron chi connectivity index (χ1n) is 12.4. The van der Waals surface area contributed by atoms with Crippen LogP contribution in [0.4, 0.5) is 0 Å². The minimum Gasteiger partial charge on any atom is -0.263 e. The van der Waals surface area contributed by atoms with E-state index in [9.17, 15) is 5.26 Å². The van der Waals surface area contributed by atoms with Crippen LogP contribution in [0.1, 0.15) is 57.6 Å². The molecule has 34 heavy (non-hydrogen) atoms. The van der Waals surface area contributed by atoms with Crippen molar-refractivity contribution in [2.75, 3.05) is 0 Å². The van der Waals surface area contributed by atoms with E-state index in [-0.39, 0.29) is 0 Å². The zero-order chi connectivity index (χ0) is 24.1. The van der Waals surface area contributed by atoms with Crippen LogP contribution in [0.15, 0.2) is 60.8 Å². The Morgan fingerprint density at radius 2 is 1.65 bits per heavy atom. The molecule has 1 unspecified atom stereocenters. The van der Waals surface area contributed by atoms with Crippen LogP contribution in [0.3, 0.4) is 0 Å². The van der Waals surface area contributed by atoms with E-state index in [1.807, 2.05) is 30.5 Å². The Labute approximate surface area is 203 Å². The van der Waals surface area contributed by atoms with Crippen LogP contribution in [0, 0.1) is 30.1 Å². The quantitative estimate of drug-likeness (QED) is 0.261. The van der Waals surface area contributed by atoms with Crippen molar-refractivity contribution in [3.8, 4) is 28.5 Å². The number of aryl methyl sites for hydroxylation is 1. The topological polar surface area (TPSA) is 54.5 Å². The number of pyridine rings is 1. The summed E-state index contributed by atoms with van der Waals surface area (Å²) < 4.78 is 2.15. The van der Waals surface area contributed by atoms with Gasteiger partial charge in [0.05, 0.1) is 29.0 Å². The van der Waals surface area contributed by atoms with E-state index in [4.69, 9.17) is 10.1 Å². The van der Waals surface area contributed by atoms with Crippen molar-refractivity contribution in [3.63, 3.8) is 0 Å². The van der Waals surface area contributed by atoms with Crippen molar-refractivity contribution in [2.24, 2.45) is 11.8 Å². The number of nitrogens with zero attached hydrogens (tertiary/aromatic N) is 4. The number of aromatic nitrogens is 3. The third-order valence-electron chi connectivity index (χ3n) is 6.56. The lowest BCUT2D eigenvalue weighted by atomic mass is 9.94. The van der Waals surface area contributed by atoms with Gasteiger partial charge in [0.1, 0.15) is 5.52 Å². The Bertz CT molecular complexity index is 1270. The van der Waals surface area contributed by atoms with Crippen molar-refractivity contribution >= 4 is 11.0 Å². The lowest BCUT2D eigenvalue weighted by Crippen LogP contribution is -2.13. The molecule has 0 aliphatic rings. The number of nitriles is 1. The predicted molar refractivity (Wildman–Crippen MR) is 140 cm³/mol. The third kappa shape index (κ3) is 5.37. The molecule has 4 aromatic rings. The Morgan fingerprint density at radius 1 is 0.941 bits per heavy atom. The van der Waals surface area contributed by atoms with E-state index in [1.165, 1.54) is 31.2 Å². The van der Waals surface area contributed by atoms with Crippen LogP contribution in [-0.4, -0.2) is 14.8 Å². The molecule has 0 radical (unpaired) electrons. The first-order chi connectivity index (χ1) is 16.5. The monoisotopic (exact) mass is 450 g/mol. The van der Waals surface area contributed by atoms with Crippen molar-refractivity contribution in [2.45, 2.75) is 59.9 Å². The molecule has 0 fully saturated rings. The lowest BCUT2D eigenvalue weighted by Gasteiger charge is -2.18. The smallest absolute Gasteiger partial charge is 0.109 e. The molecule has 4 rings (SSSR count). The van der Waals surface area contributed by atoms with Gasteiger partial charge in [-0.2, -0.15) is 10.4 Å². The zero-order valence-corrected chi connectivity index (χ0v) is 20.8. The standard InChI is InChI=1S/C30H34N4/c1-5-6-24(10-7-21(2)3)20-34-29-17-27(25-15-11-23(18-31)12-16-25)30(33-28(29)19-32-34)26-13-8-22(4)9-14-26/h8-9,11-17,19,21,24H,5-7,10,20H2,1-4H3. The van der Waals surface area contributed by atoms with Crippen LogP contribution in [0.25, 0.3) is 33.4 Å². The number of fused-ring (bicyclic) bond motifs is 1. The molecule has 4 heteroatoms. The maximum Gasteiger partial charge on any atom is 0.109 e. The molecule has 1 atom stereocenters. The van der Waals surface area contributed by atoms with Gasteiger partial charge < -0.3 is 0 Å². The molecule has 0 aliphatic carbocycles. The van der Waals surface area contributed by atoms with E-state index < -0.39 is 0 Å². The molecule has 0 spiro atoms. The summed E-state index contributed by atoms with van der Waals surface area (Å²) in [4.78, 5) is 5.09. The zero-order valence-electron chi connectivity index (χ0n) is 20.8. The summed E-state index contributed by atoms with van der Waals surface area (Å²) in [6.07, 6.45) is 6.78. The van der Waals surface area contributed by atoms with Crippen LogP contribution >= 0.6 is 0 Å². The predicted octanol–water partition coefficient (Wildman–Crippen LogP) is 7.80. The molecule has 0 bridgehead atoms. The second-order valence-corrected chi connectivity index (χ2v) is 9.80. The summed E-state index contributed by atoms with van der Waals surface area (Å²) in [5.41, 5.74) is 8.03. The van der Waals surface area contributed by atoms with Gasteiger partial charge in [0, 0.05) is 17.7 Å². The average Bonchev–Trinajstić information content (AvgIpc) is 3.24. The van der Waals surface area contributed by atoms with Crippen LogP contribution < -0.4 is 0 Å². The molecule has 0 N–H and O–H groups in total. The molecule has 2 aromatic heterocycles. The number of hydrogen-bond acceptors (Lipinski definition) is 3. The fourth-order valence-electron chi connectivity index (χ4n) is 4.58. The van der Waals surface area contributed by atoms with E-state index in [0.717, 1.165) is 45.9 Å². The molecule has 0 saturated heterocycles. The van der Waals surface area contributed by atoms with Crippen molar-refractivity contribution in [1.29, 1.82) is 5.26 Å². The van der Waals surface area contributed by atoms with Gasteiger partial charge >= 0.3 is 0 Å². The second kappa shape index (κ2) is 10.7. The molecule has 0 saturated carbocycles. The van der Waals surface area contributed by atoms with Gasteiger partial charge in [-0.3, -0.25) is 4.68 Å². The maximum absolute atomic E-state index is 9.24. The molecule has 2 aromatic carbocycles. The summed E-state index contributed by atoms with van der Waals surface area (Å²) in [6.45, 7) is 9.88. The van der Waals surface area contributed by atoms with E-state index >= 15 is 0 Å². The molecule has 174 valence electrons. The molecular weight excluding hydrogens is 416 g/mol. The Balaban J connectivity index is 1.79. The van der Waals surface area contributed by atoms with E-state index in [0.29, 0.717) is 11.5 Å². The van der Waals surface area contributed by atoms with Crippen LogP contribution in [0.5, 0.6) is 0 Å². The van der Waals surface area contributed by atoms with Crippen molar-refractivity contribution in [1.82, 2.24) is 14.8 Å². The van der Waals surface area contributed by atoms with Gasteiger partial charge in [-0.1, -0.05) is 75.6 Å². The van der Waals surface area contributed by atoms with Crippen molar-refractivity contribution in [3.05, 3.63) is 71.9 Å². The van der Waals surface area contributed by atoms with Gasteiger partial charge in [0.15, 0.2) is 0 Å². The number of rotatable bonds is 9. The largest absolute Gasteiger partial charge is 0.263 e. The van der Waals surface area contributed by atoms with Crippen molar-refractivity contribution < 1.29 is 0 Å². The van der Waals surface area contributed by atoms with Gasteiger partial charge in [-0.15, -0.1) is 0 Å². The SMILES string of the molecule is CCCC(CCC(C)C)Cn1ncc2nc(-c3ccc(C)cc3)c(-c3ccc(C#N)cc3)cc21. The molecule has 0 amide bonds. The van der Waals surface area contributed by atoms with E-state index in [1.54, 1.807) is 0 Å². The Morgan fingerprint density at radius 3 is 2.29 bits per heavy atom. The molecular formula is C30H34N4. The lowest BCUT2D eigenvalue weighted by molar-refractivity contribution is 0.344. The summed E-state index contributed by atoms with van der Waals surface area (Å²) in [5, 5.41) is 14.0. The minimum absolute atomic E-state index is 0.616. The fourth-order valence-corrected chi connectivity index (χ4v) is 4.58. The summed E-state index contributed by atoms with van der Waals surface area (Å²) in [5.74, 6) is 1.33. The highest BCUT2D eigenvalue weighted by Crippen LogP contribution is 2.34. The first-order valence-corrected chi connectivity index (χ1v) is 12.4. The second-order valence-electron chi connectivity index (χ2n) is 9.80. The summed E-state index contributed by atoms with van der Waals surface area (Å²) in [6, 6.07) is 20.7. The molecule has 4 nitrogen and oxygen atoms in total. The molecule has 0 aliphatic heterocycles. The Hall–Kier alpha value is -3.45. The van der Waals surface area contributed by atoms with Gasteiger partial charge in [-0.25, -0.2) is 4.98 Å². The first kappa shape index (κ1) is 23.7.